The highest BCUT2D eigenvalue weighted by Gasteiger charge is 2.27. The van der Waals surface area contributed by atoms with Crippen LogP contribution in [0.25, 0.3) is 16.9 Å². The predicted octanol–water partition coefficient (Wildman–Crippen LogP) is 2.42. The van der Waals surface area contributed by atoms with Crippen LogP contribution in [0, 0.1) is 0 Å². The molecule has 0 bridgehead atoms. The molecule has 10 heteroatoms. The van der Waals surface area contributed by atoms with E-state index in [9.17, 15) is 18.7 Å². The average molecular weight is 418 g/mol. The maximum atomic E-state index is 14.0. The van der Waals surface area contributed by atoms with Crippen LogP contribution in [0.15, 0.2) is 37.1 Å². The van der Waals surface area contributed by atoms with Gasteiger partial charge in [0.1, 0.15) is 30.6 Å². The fourth-order valence-electron chi connectivity index (χ4n) is 2.77. The number of carbonyl (C=O) groups is 1. The molecule has 0 aliphatic carbocycles. The number of hydrogen-bond acceptors (Lipinski definition) is 6. The Morgan fingerprint density at radius 3 is 2.80 bits per heavy atom. The van der Waals surface area contributed by atoms with E-state index in [2.05, 4.69) is 25.6 Å². The van der Waals surface area contributed by atoms with Gasteiger partial charge in [0.05, 0.1) is 29.4 Å². The molecule has 2 atom stereocenters. The highest BCUT2D eigenvalue weighted by Crippen LogP contribution is 2.23. The van der Waals surface area contributed by atoms with Gasteiger partial charge in [-0.3, -0.25) is 9.36 Å². The van der Waals surface area contributed by atoms with Crippen LogP contribution < -0.4 is 10.6 Å². The lowest BCUT2D eigenvalue weighted by molar-refractivity contribution is -0.00177. The molecule has 8 nitrogen and oxygen atoms in total. The molecule has 160 valence electrons. The fourth-order valence-corrected chi connectivity index (χ4v) is 2.77. The maximum Gasteiger partial charge on any atom is 0.255 e. The van der Waals surface area contributed by atoms with Crippen LogP contribution >= 0.6 is 0 Å². The lowest BCUT2D eigenvalue weighted by atomic mass is 10.0. The Labute approximate surface area is 172 Å². The number of amides is 1. The standard InChI is InChI=1S/C20H24F2N6O2/c1-12(7-21)27-15-6-17(28-5-4-13-8-23-11-26-18(13)28)24-9-14(15)19(29)25-10-16(22)20(2,3)30/h4-6,8-9,11-12,16,30H,7,10H2,1-3H3,(H,24,27)(H,25,29). The first kappa shape index (κ1) is 21.6. The zero-order valence-electron chi connectivity index (χ0n) is 16.9. The summed E-state index contributed by atoms with van der Waals surface area (Å²) < 4.78 is 28.8. The third-order valence-corrected chi connectivity index (χ3v) is 4.57. The zero-order valence-corrected chi connectivity index (χ0v) is 16.9. The van der Waals surface area contributed by atoms with E-state index in [0.717, 1.165) is 5.39 Å². The number of fused-ring (bicyclic) bond motifs is 1. The number of pyridine rings is 1. The second-order valence-corrected chi connectivity index (χ2v) is 7.61. The number of halogens is 2. The highest BCUT2D eigenvalue weighted by atomic mass is 19.1. The van der Waals surface area contributed by atoms with E-state index in [0.29, 0.717) is 17.2 Å². The Morgan fingerprint density at radius 2 is 2.10 bits per heavy atom. The molecule has 0 saturated heterocycles. The maximum absolute atomic E-state index is 14.0. The Morgan fingerprint density at radius 1 is 1.33 bits per heavy atom. The summed E-state index contributed by atoms with van der Waals surface area (Å²) in [5, 5.41) is 15.9. The first-order valence-electron chi connectivity index (χ1n) is 9.45. The molecule has 0 fully saturated rings. The van der Waals surface area contributed by atoms with Crippen molar-refractivity contribution in [3.63, 3.8) is 0 Å². The van der Waals surface area contributed by atoms with Gasteiger partial charge < -0.3 is 15.7 Å². The van der Waals surface area contributed by atoms with Crippen molar-refractivity contribution in [2.24, 2.45) is 0 Å². The lowest BCUT2D eigenvalue weighted by Gasteiger charge is -2.23. The molecule has 30 heavy (non-hydrogen) atoms. The summed E-state index contributed by atoms with van der Waals surface area (Å²) in [6.07, 6.45) is 4.53. The molecule has 3 rings (SSSR count). The van der Waals surface area contributed by atoms with Crippen molar-refractivity contribution in [2.45, 2.75) is 38.6 Å². The van der Waals surface area contributed by atoms with Crippen molar-refractivity contribution in [2.75, 3.05) is 18.5 Å². The van der Waals surface area contributed by atoms with Crippen LogP contribution in [0.5, 0.6) is 0 Å². The number of alkyl halides is 2. The summed E-state index contributed by atoms with van der Waals surface area (Å²) in [5.41, 5.74) is -0.480. The van der Waals surface area contributed by atoms with Crippen LogP contribution in [0.4, 0.5) is 14.5 Å². The summed E-state index contributed by atoms with van der Waals surface area (Å²) in [6.45, 7) is 3.25. The lowest BCUT2D eigenvalue weighted by Crippen LogP contribution is -2.42. The van der Waals surface area contributed by atoms with Crippen LogP contribution in [0.1, 0.15) is 31.1 Å². The van der Waals surface area contributed by atoms with Gasteiger partial charge >= 0.3 is 0 Å². The molecule has 2 unspecified atom stereocenters. The van der Waals surface area contributed by atoms with Crippen molar-refractivity contribution >= 4 is 22.6 Å². The van der Waals surface area contributed by atoms with E-state index in [-0.39, 0.29) is 12.1 Å². The normalized spacial score (nSPS) is 13.8. The molecule has 3 N–H and O–H groups in total. The van der Waals surface area contributed by atoms with Crippen molar-refractivity contribution in [3.05, 3.63) is 42.6 Å². The number of nitrogens with one attached hydrogen (secondary N) is 2. The molecule has 1 amide bonds. The SMILES string of the molecule is CC(CF)Nc1cc(-n2ccc3cncnc32)ncc1C(=O)NCC(F)C(C)(C)O. The largest absolute Gasteiger partial charge is 0.387 e. The van der Waals surface area contributed by atoms with Gasteiger partial charge in [-0.25, -0.2) is 23.7 Å². The van der Waals surface area contributed by atoms with Gasteiger partial charge in [0.2, 0.25) is 0 Å². The minimum absolute atomic E-state index is 0.132. The first-order chi connectivity index (χ1) is 14.2. The molecule has 0 radical (unpaired) electrons. The van der Waals surface area contributed by atoms with Crippen LogP contribution in [-0.2, 0) is 0 Å². The van der Waals surface area contributed by atoms with Crippen molar-refractivity contribution < 1.29 is 18.7 Å². The molecular weight excluding hydrogens is 394 g/mol. The van der Waals surface area contributed by atoms with Gasteiger partial charge in [0.25, 0.3) is 5.91 Å². The van der Waals surface area contributed by atoms with Gasteiger partial charge in [-0.15, -0.1) is 0 Å². The monoisotopic (exact) mass is 418 g/mol. The van der Waals surface area contributed by atoms with E-state index in [4.69, 9.17) is 0 Å². The van der Waals surface area contributed by atoms with E-state index in [1.54, 1.807) is 30.0 Å². The number of anilines is 1. The Hall–Kier alpha value is -3.14. The number of carbonyl (C=O) groups excluding carboxylic acids is 1. The van der Waals surface area contributed by atoms with Gasteiger partial charge in [-0.2, -0.15) is 0 Å². The quantitative estimate of drug-likeness (QED) is 0.519. The summed E-state index contributed by atoms with van der Waals surface area (Å²) in [4.78, 5) is 25.2. The van der Waals surface area contributed by atoms with Crippen LogP contribution in [0.3, 0.4) is 0 Å². The molecule has 3 heterocycles. The van der Waals surface area contributed by atoms with Crippen molar-refractivity contribution in [1.82, 2.24) is 24.8 Å². The van der Waals surface area contributed by atoms with Gasteiger partial charge in [0.15, 0.2) is 0 Å². The Kier molecular flexibility index (Phi) is 6.25. The van der Waals surface area contributed by atoms with Gasteiger partial charge in [-0.05, 0) is 26.8 Å². The molecule has 3 aromatic heterocycles. The van der Waals surface area contributed by atoms with E-state index in [1.807, 2.05) is 6.07 Å². The van der Waals surface area contributed by atoms with E-state index < -0.39 is 30.4 Å². The van der Waals surface area contributed by atoms with Crippen LogP contribution in [-0.4, -0.2) is 61.6 Å². The topological polar surface area (TPSA) is 105 Å². The van der Waals surface area contributed by atoms with Gasteiger partial charge in [-0.1, -0.05) is 0 Å². The number of aromatic nitrogens is 4. The molecule has 0 aliphatic rings. The highest BCUT2D eigenvalue weighted by molar-refractivity contribution is 5.99. The first-order valence-corrected chi connectivity index (χ1v) is 9.45. The smallest absolute Gasteiger partial charge is 0.255 e. The minimum Gasteiger partial charge on any atom is -0.387 e. The predicted molar refractivity (Wildman–Crippen MR) is 109 cm³/mol. The average Bonchev–Trinajstić information content (AvgIpc) is 3.15. The number of hydrogen-bond donors (Lipinski definition) is 3. The van der Waals surface area contributed by atoms with E-state index >= 15 is 0 Å². The third-order valence-electron chi connectivity index (χ3n) is 4.57. The fraction of sp³-hybridized carbons (Fsp3) is 0.400. The summed E-state index contributed by atoms with van der Waals surface area (Å²) in [5.74, 6) is -0.122. The summed E-state index contributed by atoms with van der Waals surface area (Å²) in [6, 6.07) is 2.87. The van der Waals surface area contributed by atoms with Crippen molar-refractivity contribution in [1.29, 1.82) is 0 Å². The number of rotatable bonds is 8. The molecule has 3 aromatic rings. The second-order valence-electron chi connectivity index (χ2n) is 7.61. The van der Waals surface area contributed by atoms with E-state index in [1.165, 1.54) is 26.4 Å². The molecule has 0 aromatic carbocycles. The molecular formula is C20H24F2N6O2. The second kappa shape index (κ2) is 8.70. The van der Waals surface area contributed by atoms with Crippen molar-refractivity contribution in [3.8, 4) is 5.82 Å². The minimum atomic E-state index is -1.65. The molecule has 0 saturated carbocycles. The zero-order chi connectivity index (χ0) is 21.9. The number of nitrogens with zero attached hydrogens (tertiary/aromatic N) is 4. The summed E-state index contributed by atoms with van der Waals surface area (Å²) in [7, 11) is 0. The third kappa shape index (κ3) is 4.70. The van der Waals surface area contributed by atoms with Gasteiger partial charge in [0, 0.05) is 30.0 Å². The number of aliphatic hydroxyl groups is 1. The van der Waals surface area contributed by atoms with Crippen LogP contribution in [0.2, 0.25) is 0 Å². The Balaban J connectivity index is 1.92. The molecule has 0 aliphatic heterocycles. The molecule has 0 spiro atoms. The Bertz CT molecular complexity index is 1030. The summed E-state index contributed by atoms with van der Waals surface area (Å²) >= 11 is 0.